The van der Waals surface area contributed by atoms with Gasteiger partial charge < -0.3 is 10.1 Å². The van der Waals surface area contributed by atoms with E-state index in [1.54, 1.807) is 30.3 Å². The minimum atomic E-state index is -1.25. The van der Waals surface area contributed by atoms with E-state index in [9.17, 15) is 18.8 Å². The number of benzene rings is 3. The maximum atomic E-state index is 13.9. The Bertz CT molecular complexity index is 1000. The van der Waals surface area contributed by atoms with Crippen LogP contribution in [0.1, 0.15) is 22.0 Å². The van der Waals surface area contributed by atoms with Crippen molar-refractivity contribution in [1.29, 1.82) is 5.26 Å². The van der Waals surface area contributed by atoms with Crippen LogP contribution in [0.4, 0.5) is 8.78 Å². The maximum Gasteiger partial charge on any atom is 0.252 e. The third-order valence-corrected chi connectivity index (χ3v) is 3.75. The van der Waals surface area contributed by atoms with Gasteiger partial charge in [-0.15, -0.1) is 0 Å². The highest BCUT2D eigenvalue weighted by Gasteiger charge is 2.19. The van der Waals surface area contributed by atoms with E-state index < -0.39 is 23.6 Å². The molecule has 3 aromatic carbocycles. The SMILES string of the molecule is N#CC(NC(=O)c1cccc(Oc2ccccc2)c1)c1ccc(F)cc1F. The van der Waals surface area contributed by atoms with E-state index in [4.69, 9.17) is 4.74 Å². The van der Waals surface area contributed by atoms with Gasteiger partial charge in [0.05, 0.1) is 6.07 Å². The summed E-state index contributed by atoms with van der Waals surface area (Å²) < 4.78 is 32.6. The van der Waals surface area contributed by atoms with E-state index in [0.29, 0.717) is 17.6 Å². The second-order valence-corrected chi connectivity index (χ2v) is 5.64. The zero-order valence-electron chi connectivity index (χ0n) is 14.0. The van der Waals surface area contributed by atoms with E-state index in [2.05, 4.69) is 5.32 Å². The second-order valence-electron chi connectivity index (χ2n) is 5.64. The van der Waals surface area contributed by atoms with Crippen molar-refractivity contribution in [2.75, 3.05) is 0 Å². The number of hydrogen-bond acceptors (Lipinski definition) is 3. The second kappa shape index (κ2) is 8.11. The van der Waals surface area contributed by atoms with Crippen molar-refractivity contribution >= 4 is 5.91 Å². The molecule has 0 aliphatic carbocycles. The summed E-state index contributed by atoms with van der Waals surface area (Å²) in [6, 6.07) is 18.8. The fourth-order valence-electron chi connectivity index (χ4n) is 2.46. The quantitative estimate of drug-likeness (QED) is 0.710. The van der Waals surface area contributed by atoms with Gasteiger partial charge in [0.2, 0.25) is 0 Å². The number of carbonyl (C=O) groups excluding carboxylic acids is 1. The molecule has 134 valence electrons. The Balaban J connectivity index is 1.77. The maximum absolute atomic E-state index is 13.9. The smallest absolute Gasteiger partial charge is 0.252 e. The number of amides is 1. The van der Waals surface area contributed by atoms with Crippen LogP contribution in [0.5, 0.6) is 11.5 Å². The lowest BCUT2D eigenvalue weighted by molar-refractivity contribution is 0.0944. The number of rotatable bonds is 5. The molecule has 0 spiro atoms. The molecule has 0 saturated carbocycles. The summed E-state index contributed by atoms with van der Waals surface area (Å²) in [5, 5.41) is 11.7. The average Bonchev–Trinajstić information content (AvgIpc) is 2.67. The third kappa shape index (κ3) is 4.47. The Morgan fingerprint density at radius 3 is 2.41 bits per heavy atom. The fraction of sp³-hybridized carbons (Fsp3) is 0.0476. The van der Waals surface area contributed by atoms with Gasteiger partial charge in [0.1, 0.15) is 29.2 Å². The van der Waals surface area contributed by atoms with Crippen LogP contribution in [0.2, 0.25) is 0 Å². The molecule has 1 atom stereocenters. The van der Waals surface area contributed by atoms with Crippen LogP contribution >= 0.6 is 0 Å². The molecule has 1 amide bonds. The van der Waals surface area contributed by atoms with E-state index in [-0.39, 0.29) is 11.1 Å². The lowest BCUT2D eigenvalue weighted by Gasteiger charge is -2.13. The summed E-state index contributed by atoms with van der Waals surface area (Å²) in [6.07, 6.45) is 0. The molecule has 3 aromatic rings. The Morgan fingerprint density at radius 1 is 0.963 bits per heavy atom. The van der Waals surface area contributed by atoms with Crippen molar-refractivity contribution in [1.82, 2.24) is 5.32 Å². The summed E-state index contributed by atoms with van der Waals surface area (Å²) in [6.45, 7) is 0. The van der Waals surface area contributed by atoms with Crippen LogP contribution in [-0.2, 0) is 0 Å². The zero-order chi connectivity index (χ0) is 19.2. The molecule has 0 aromatic heterocycles. The number of ether oxygens (including phenoxy) is 1. The molecule has 0 aliphatic heterocycles. The zero-order valence-corrected chi connectivity index (χ0v) is 14.0. The molecule has 1 unspecified atom stereocenters. The summed E-state index contributed by atoms with van der Waals surface area (Å²) in [4.78, 5) is 12.5. The highest BCUT2D eigenvalue weighted by atomic mass is 19.1. The largest absolute Gasteiger partial charge is 0.457 e. The lowest BCUT2D eigenvalue weighted by Crippen LogP contribution is -2.28. The summed E-state index contributed by atoms with van der Waals surface area (Å²) in [5.74, 6) is -1.19. The first-order valence-corrected chi connectivity index (χ1v) is 8.05. The molecular weight excluding hydrogens is 350 g/mol. The van der Waals surface area contributed by atoms with E-state index in [0.717, 1.165) is 12.1 Å². The number of para-hydroxylation sites is 1. The average molecular weight is 364 g/mol. The highest BCUT2D eigenvalue weighted by molar-refractivity contribution is 5.95. The van der Waals surface area contributed by atoms with E-state index in [1.807, 2.05) is 24.3 Å². The standard InChI is InChI=1S/C21H14F2N2O2/c22-15-9-10-18(19(23)12-15)20(13-24)25-21(26)14-5-4-8-17(11-14)27-16-6-2-1-3-7-16/h1-12,20H,(H,25,26). The Morgan fingerprint density at radius 2 is 1.70 bits per heavy atom. The van der Waals surface area contributed by atoms with Gasteiger partial charge in [-0.05, 0) is 36.4 Å². The van der Waals surface area contributed by atoms with Crippen molar-refractivity contribution in [3.63, 3.8) is 0 Å². The molecule has 0 saturated heterocycles. The number of halogens is 2. The van der Waals surface area contributed by atoms with Crippen LogP contribution in [-0.4, -0.2) is 5.91 Å². The number of hydrogen-bond donors (Lipinski definition) is 1. The van der Waals surface area contributed by atoms with Crippen LogP contribution in [0, 0.1) is 23.0 Å². The van der Waals surface area contributed by atoms with Gasteiger partial charge in [0.25, 0.3) is 5.91 Å². The van der Waals surface area contributed by atoms with Crippen molar-refractivity contribution < 1.29 is 18.3 Å². The fourth-order valence-corrected chi connectivity index (χ4v) is 2.46. The molecule has 0 fully saturated rings. The Kier molecular flexibility index (Phi) is 5.43. The van der Waals surface area contributed by atoms with Gasteiger partial charge in [0.15, 0.2) is 0 Å². The molecule has 0 bridgehead atoms. The Labute approximate surface area is 154 Å². The molecule has 4 nitrogen and oxygen atoms in total. The number of nitrogens with zero attached hydrogens (tertiary/aromatic N) is 1. The molecular formula is C21H14F2N2O2. The Hall–Kier alpha value is -3.72. The topological polar surface area (TPSA) is 62.1 Å². The summed E-state index contributed by atoms with van der Waals surface area (Å²) in [5.41, 5.74) is 0.134. The van der Waals surface area contributed by atoms with Gasteiger partial charge in [-0.3, -0.25) is 4.79 Å². The molecule has 0 radical (unpaired) electrons. The first kappa shape index (κ1) is 18.1. The lowest BCUT2D eigenvalue weighted by atomic mass is 10.1. The van der Waals surface area contributed by atoms with Crippen molar-refractivity contribution in [2.24, 2.45) is 0 Å². The summed E-state index contributed by atoms with van der Waals surface area (Å²) >= 11 is 0. The van der Waals surface area contributed by atoms with Crippen LogP contribution in [0.3, 0.4) is 0 Å². The van der Waals surface area contributed by atoms with Crippen molar-refractivity contribution in [3.05, 3.63) is 95.6 Å². The van der Waals surface area contributed by atoms with Gasteiger partial charge >= 0.3 is 0 Å². The minimum Gasteiger partial charge on any atom is -0.457 e. The van der Waals surface area contributed by atoms with Crippen LogP contribution in [0.15, 0.2) is 72.8 Å². The monoisotopic (exact) mass is 364 g/mol. The van der Waals surface area contributed by atoms with Gasteiger partial charge in [-0.1, -0.05) is 30.3 Å². The van der Waals surface area contributed by atoms with Crippen molar-refractivity contribution in [3.8, 4) is 17.6 Å². The van der Waals surface area contributed by atoms with Crippen LogP contribution in [0.25, 0.3) is 0 Å². The molecule has 1 N–H and O–H groups in total. The van der Waals surface area contributed by atoms with E-state index >= 15 is 0 Å². The highest BCUT2D eigenvalue weighted by Crippen LogP contribution is 2.23. The number of carbonyl (C=O) groups is 1. The summed E-state index contributed by atoms with van der Waals surface area (Å²) in [7, 11) is 0. The predicted octanol–water partition coefficient (Wildman–Crippen LogP) is 4.75. The minimum absolute atomic E-state index is 0.107. The van der Waals surface area contributed by atoms with Gasteiger partial charge in [0, 0.05) is 17.2 Å². The normalized spacial score (nSPS) is 11.3. The predicted molar refractivity (Wildman–Crippen MR) is 95.1 cm³/mol. The number of nitrogens with one attached hydrogen (secondary N) is 1. The molecule has 0 heterocycles. The first-order valence-electron chi connectivity index (χ1n) is 8.05. The molecule has 6 heteroatoms. The molecule has 0 aliphatic rings. The molecule has 27 heavy (non-hydrogen) atoms. The van der Waals surface area contributed by atoms with Crippen molar-refractivity contribution in [2.45, 2.75) is 6.04 Å². The van der Waals surface area contributed by atoms with Crippen LogP contribution < -0.4 is 10.1 Å². The van der Waals surface area contributed by atoms with E-state index in [1.165, 1.54) is 6.07 Å². The molecule has 3 rings (SSSR count). The van der Waals surface area contributed by atoms with Gasteiger partial charge in [-0.25, -0.2) is 8.78 Å². The van der Waals surface area contributed by atoms with Gasteiger partial charge in [-0.2, -0.15) is 5.26 Å². The third-order valence-electron chi connectivity index (χ3n) is 3.75. The first-order chi connectivity index (χ1) is 13.1. The number of nitriles is 1.